The molecule has 2 heterocycles. The smallest absolute Gasteiger partial charge is 0.227 e. The molecule has 2 atom stereocenters. The Morgan fingerprint density at radius 3 is 2.56 bits per heavy atom. The fraction of sp³-hybridized carbons (Fsp3) is 0.250. The molecule has 3 aromatic rings. The van der Waals surface area contributed by atoms with Gasteiger partial charge in [-0.3, -0.25) is 4.79 Å². The maximum absolute atomic E-state index is 12.5. The Morgan fingerprint density at radius 1 is 1.08 bits per heavy atom. The molecule has 0 bridgehead atoms. The predicted molar refractivity (Wildman–Crippen MR) is 105 cm³/mol. The monoisotopic (exact) mass is 371 g/mol. The summed E-state index contributed by atoms with van der Waals surface area (Å²) in [6, 6.07) is 17.8. The van der Waals surface area contributed by atoms with Crippen molar-refractivity contribution in [3.63, 3.8) is 0 Å². The molecule has 130 valence electrons. The van der Waals surface area contributed by atoms with E-state index in [1.54, 1.807) is 22.7 Å². The lowest BCUT2D eigenvalue weighted by Gasteiger charge is -2.17. The van der Waals surface area contributed by atoms with Gasteiger partial charge in [-0.25, -0.2) is 0 Å². The Labute approximate surface area is 156 Å². The summed E-state index contributed by atoms with van der Waals surface area (Å²) in [4.78, 5) is 15.7. The first-order valence-electron chi connectivity index (χ1n) is 8.33. The van der Waals surface area contributed by atoms with Crippen molar-refractivity contribution in [2.75, 3.05) is 6.54 Å². The van der Waals surface area contributed by atoms with Crippen LogP contribution in [0, 0.1) is 0 Å². The van der Waals surface area contributed by atoms with Crippen LogP contribution in [0.2, 0.25) is 0 Å². The van der Waals surface area contributed by atoms with Gasteiger partial charge in [-0.2, -0.15) is 0 Å². The second-order valence-corrected chi connectivity index (χ2v) is 7.87. The zero-order valence-electron chi connectivity index (χ0n) is 14.0. The van der Waals surface area contributed by atoms with E-state index in [0.717, 1.165) is 21.7 Å². The minimum atomic E-state index is -0.684. The van der Waals surface area contributed by atoms with Gasteiger partial charge in [0.05, 0.1) is 5.92 Å². The van der Waals surface area contributed by atoms with Gasteiger partial charge < -0.3 is 10.4 Å². The molecule has 0 aliphatic carbocycles. The van der Waals surface area contributed by atoms with Gasteiger partial charge >= 0.3 is 0 Å². The molecule has 2 N–H and O–H groups in total. The first-order valence-corrected chi connectivity index (χ1v) is 10.0. The van der Waals surface area contributed by atoms with Crippen molar-refractivity contribution in [1.29, 1.82) is 0 Å². The predicted octanol–water partition coefficient (Wildman–Crippen LogP) is 4.82. The third-order valence-electron chi connectivity index (χ3n) is 4.12. The summed E-state index contributed by atoms with van der Waals surface area (Å²) in [5, 5.41) is 15.3. The summed E-state index contributed by atoms with van der Waals surface area (Å²) >= 11 is 3.25. The van der Waals surface area contributed by atoms with E-state index in [1.807, 2.05) is 60.8 Å². The lowest BCUT2D eigenvalue weighted by Crippen LogP contribution is -2.32. The van der Waals surface area contributed by atoms with Crippen LogP contribution in [0.4, 0.5) is 0 Å². The molecule has 1 amide bonds. The first-order chi connectivity index (χ1) is 12.2. The van der Waals surface area contributed by atoms with E-state index in [4.69, 9.17) is 0 Å². The van der Waals surface area contributed by atoms with Crippen molar-refractivity contribution < 1.29 is 9.90 Å². The topological polar surface area (TPSA) is 49.3 Å². The minimum Gasteiger partial charge on any atom is -0.386 e. The van der Waals surface area contributed by atoms with Crippen molar-refractivity contribution in [2.45, 2.75) is 25.4 Å². The van der Waals surface area contributed by atoms with Gasteiger partial charge in [-0.1, -0.05) is 43.3 Å². The summed E-state index contributed by atoms with van der Waals surface area (Å²) in [5.74, 6) is -0.221. The van der Waals surface area contributed by atoms with Crippen LogP contribution in [0.15, 0.2) is 60.0 Å². The van der Waals surface area contributed by atoms with Gasteiger partial charge in [-0.05, 0) is 35.6 Å². The molecule has 2 aromatic heterocycles. The van der Waals surface area contributed by atoms with Crippen LogP contribution in [0.25, 0.3) is 9.75 Å². The lowest BCUT2D eigenvalue weighted by molar-refractivity contribution is -0.123. The van der Waals surface area contributed by atoms with Crippen LogP contribution in [0.3, 0.4) is 0 Å². The first kappa shape index (κ1) is 17.9. The van der Waals surface area contributed by atoms with E-state index in [2.05, 4.69) is 11.4 Å². The normalized spacial score (nSPS) is 13.4. The van der Waals surface area contributed by atoms with Crippen molar-refractivity contribution in [1.82, 2.24) is 5.32 Å². The summed E-state index contributed by atoms with van der Waals surface area (Å²) < 4.78 is 0. The molecular weight excluding hydrogens is 350 g/mol. The number of carbonyl (C=O) groups is 1. The molecule has 0 unspecified atom stereocenters. The maximum atomic E-state index is 12.5. The molecule has 0 aliphatic rings. The third-order valence-corrected chi connectivity index (χ3v) is 6.37. The number of rotatable bonds is 7. The van der Waals surface area contributed by atoms with E-state index in [-0.39, 0.29) is 18.4 Å². The van der Waals surface area contributed by atoms with Gasteiger partial charge in [0.1, 0.15) is 6.10 Å². The molecule has 3 nitrogen and oxygen atoms in total. The molecule has 0 radical (unpaired) electrons. The lowest BCUT2D eigenvalue weighted by atomic mass is 9.95. The summed E-state index contributed by atoms with van der Waals surface area (Å²) in [5.41, 5.74) is 1.01. The third kappa shape index (κ3) is 4.37. The van der Waals surface area contributed by atoms with Gasteiger partial charge in [-0.15, -0.1) is 22.7 Å². The summed E-state index contributed by atoms with van der Waals surface area (Å²) in [7, 11) is 0. The second kappa shape index (κ2) is 8.43. The molecule has 0 aliphatic heterocycles. The number of hydrogen-bond acceptors (Lipinski definition) is 4. The number of carbonyl (C=O) groups excluding carboxylic acids is 1. The minimum absolute atomic E-state index is 0.0391. The second-order valence-electron chi connectivity index (χ2n) is 5.81. The molecule has 1 aromatic carbocycles. The number of hydrogen-bond donors (Lipinski definition) is 2. The van der Waals surface area contributed by atoms with Crippen LogP contribution < -0.4 is 5.32 Å². The van der Waals surface area contributed by atoms with Crippen molar-refractivity contribution in [3.05, 3.63) is 70.4 Å². The average Bonchev–Trinajstić information content (AvgIpc) is 3.32. The molecule has 0 saturated heterocycles. The van der Waals surface area contributed by atoms with Crippen LogP contribution in [-0.4, -0.2) is 17.6 Å². The molecular formula is C20H21NO2S2. The number of amides is 1. The average molecular weight is 372 g/mol. The summed E-state index contributed by atoms with van der Waals surface area (Å²) in [6.45, 7) is 2.23. The highest BCUT2D eigenvalue weighted by Crippen LogP contribution is 2.33. The summed E-state index contributed by atoms with van der Waals surface area (Å²) in [6.07, 6.45) is 0.0453. The number of thiophene rings is 2. The van der Waals surface area contributed by atoms with E-state index in [9.17, 15) is 9.90 Å². The highest BCUT2D eigenvalue weighted by atomic mass is 32.1. The van der Waals surface area contributed by atoms with Gasteiger partial charge in [0.2, 0.25) is 5.91 Å². The largest absolute Gasteiger partial charge is 0.386 e. The number of nitrogens with one attached hydrogen (secondary N) is 1. The molecule has 0 saturated carbocycles. The quantitative estimate of drug-likeness (QED) is 0.625. The standard InChI is InChI=1S/C20H21NO2S2/c1-2-15(14-7-4-3-5-8-14)20(23)21-13-16(22)17-10-11-19(25-17)18-9-6-12-24-18/h3-12,15-16,22H,2,13H2,1H3,(H,21,23)/t15-,16+/m1/s1. The fourth-order valence-corrected chi connectivity index (χ4v) is 4.59. The van der Waals surface area contributed by atoms with E-state index >= 15 is 0 Å². The van der Waals surface area contributed by atoms with Crippen LogP contribution in [0.5, 0.6) is 0 Å². The van der Waals surface area contributed by atoms with Crippen molar-refractivity contribution >= 4 is 28.6 Å². The Hall–Kier alpha value is -1.95. The molecule has 0 fully saturated rings. The zero-order chi connectivity index (χ0) is 17.6. The molecule has 3 rings (SSSR count). The Bertz CT molecular complexity index is 796. The number of benzene rings is 1. The van der Waals surface area contributed by atoms with E-state index in [0.29, 0.717) is 0 Å². The van der Waals surface area contributed by atoms with Crippen LogP contribution in [0.1, 0.15) is 35.8 Å². The highest BCUT2D eigenvalue weighted by molar-refractivity contribution is 7.21. The van der Waals surface area contributed by atoms with Gasteiger partial charge in [0.15, 0.2) is 0 Å². The van der Waals surface area contributed by atoms with Gasteiger partial charge in [0, 0.05) is 21.2 Å². The van der Waals surface area contributed by atoms with Crippen molar-refractivity contribution in [2.24, 2.45) is 0 Å². The van der Waals surface area contributed by atoms with E-state index < -0.39 is 6.10 Å². The van der Waals surface area contributed by atoms with Crippen LogP contribution in [-0.2, 0) is 4.79 Å². The van der Waals surface area contributed by atoms with E-state index in [1.165, 1.54) is 4.88 Å². The van der Waals surface area contributed by atoms with Crippen LogP contribution >= 0.6 is 22.7 Å². The maximum Gasteiger partial charge on any atom is 0.227 e. The molecule has 25 heavy (non-hydrogen) atoms. The number of aliphatic hydroxyl groups excluding tert-OH is 1. The molecule has 0 spiro atoms. The molecule has 5 heteroatoms. The van der Waals surface area contributed by atoms with Crippen molar-refractivity contribution in [3.8, 4) is 9.75 Å². The van der Waals surface area contributed by atoms with Gasteiger partial charge in [0.25, 0.3) is 0 Å². The number of aliphatic hydroxyl groups is 1. The Kier molecular flexibility index (Phi) is 6.02. The highest BCUT2D eigenvalue weighted by Gasteiger charge is 2.20. The Balaban J connectivity index is 1.60. The SMILES string of the molecule is CC[C@@H](C(=O)NC[C@H](O)c1ccc(-c2cccs2)s1)c1ccccc1. The fourth-order valence-electron chi connectivity index (χ4n) is 2.76. The Morgan fingerprint density at radius 2 is 1.88 bits per heavy atom. The zero-order valence-corrected chi connectivity index (χ0v) is 15.6.